The minimum absolute atomic E-state index is 0.752. The van der Waals surface area contributed by atoms with Gasteiger partial charge in [-0.05, 0) is 18.6 Å². The molecule has 2 N–H and O–H groups in total. The maximum atomic E-state index is 5.54. The molecule has 0 aliphatic rings. The Labute approximate surface area is 79.1 Å². The van der Waals surface area contributed by atoms with Crippen molar-refractivity contribution in [2.24, 2.45) is 0 Å². The van der Waals surface area contributed by atoms with E-state index >= 15 is 0 Å². The first-order chi connectivity index (χ1) is 6.38. The van der Waals surface area contributed by atoms with Gasteiger partial charge in [0, 0.05) is 7.05 Å². The summed E-state index contributed by atoms with van der Waals surface area (Å²) in [7, 11) is 1.83. The first-order valence-electron chi connectivity index (χ1n) is 4.53. The molecule has 1 rings (SSSR count). The maximum Gasteiger partial charge on any atom is 0.143 e. The zero-order chi connectivity index (χ0) is 9.52. The molecule has 0 saturated carbocycles. The minimum Gasteiger partial charge on any atom is -0.491 e. The van der Waals surface area contributed by atoms with Gasteiger partial charge in [-0.3, -0.25) is 0 Å². The Morgan fingerprint density at radius 1 is 1.31 bits per heavy atom. The highest BCUT2D eigenvalue weighted by Gasteiger charge is 1.99. The van der Waals surface area contributed by atoms with Gasteiger partial charge in [-0.15, -0.1) is 0 Å². The molecule has 0 unspecified atom stereocenters. The van der Waals surface area contributed by atoms with E-state index in [2.05, 4.69) is 17.8 Å². The quantitative estimate of drug-likeness (QED) is 0.680. The van der Waals surface area contributed by atoms with Gasteiger partial charge in [-0.2, -0.15) is 0 Å². The van der Waals surface area contributed by atoms with Crippen molar-refractivity contribution < 1.29 is 4.74 Å². The van der Waals surface area contributed by atoms with Gasteiger partial charge >= 0.3 is 0 Å². The topological polar surface area (TPSA) is 33.3 Å². The number of nitrogens with one attached hydrogen (secondary N) is 2. The van der Waals surface area contributed by atoms with E-state index in [0.717, 1.165) is 24.5 Å². The van der Waals surface area contributed by atoms with E-state index in [1.165, 1.54) is 0 Å². The van der Waals surface area contributed by atoms with Crippen molar-refractivity contribution in [2.45, 2.75) is 13.3 Å². The second kappa shape index (κ2) is 5.43. The van der Waals surface area contributed by atoms with Gasteiger partial charge in [0.05, 0.1) is 12.3 Å². The maximum absolute atomic E-state index is 5.54. The number of para-hydroxylation sites is 2. The molecule has 0 bridgehead atoms. The van der Waals surface area contributed by atoms with E-state index in [0.29, 0.717) is 0 Å². The molecule has 0 saturated heterocycles. The molecule has 0 spiro atoms. The molecule has 0 aliphatic heterocycles. The van der Waals surface area contributed by atoms with Gasteiger partial charge in [-0.25, -0.2) is 5.43 Å². The number of hydrogen-bond acceptors (Lipinski definition) is 3. The second-order valence-corrected chi connectivity index (χ2v) is 2.72. The second-order valence-electron chi connectivity index (χ2n) is 2.72. The largest absolute Gasteiger partial charge is 0.491 e. The first-order valence-corrected chi connectivity index (χ1v) is 4.53. The third-order valence-corrected chi connectivity index (χ3v) is 1.61. The van der Waals surface area contributed by atoms with Gasteiger partial charge in [0.2, 0.25) is 0 Å². The zero-order valence-corrected chi connectivity index (χ0v) is 8.13. The van der Waals surface area contributed by atoms with Crippen LogP contribution in [0.1, 0.15) is 13.3 Å². The average Bonchev–Trinajstić information content (AvgIpc) is 2.17. The first kappa shape index (κ1) is 9.86. The predicted octanol–water partition coefficient (Wildman–Crippen LogP) is 2.02. The van der Waals surface area contributed by atoms with Crippen molar-refractivity contribution in [1.29, 1.82) is 0 Å². The number of rotatable bonds is 5. The van der Waals surface area contributed by atoms with Crippen LogP contribution in [0.5, 0.6) is 5.75 Å². The van der Waals surface area contributed by atoms with Crippen LogP contribution in [0.3, 0.4) is 0 Å². The Hall–Kier alpha value is -1.22. The molecule has 0 heterocycles. The van der Waals surface area contributed by atoms with E-state index in [9.17, 15) is 0 Å². The Kier molecular flexibility index (Phi) is 4.12. The fourth-order valence-electron chi connectivity index (χ4n) is 1.04. The molecule has 1 aromatic carbocycles. The summed E-state index contributed by atoms with van der Waals surface area (Å²) in [6.07, 6.45) is 1.02. The lowest BCUT2D eigenvalue weighted by Crippen LogP contribution is -2.15. The highest BCUT2D eigenvalue weighted by atomic mass is 16.5. The van der Waals surface area contributed by atoms with Gasteiger partial charge in [0.25, 0.3) is 0 Å². The molecule has 72 valence electrons. The van der Waals surface area contributed by atoms with Crippen LogP contribution in [-0.2, 0) is 0 Å². The van der Waals surface area contributed by atoms with Crippen molar-refractivity contribution in [1.82, 2.24) is 5.43 Å². The highest BCUT2D eigenvalue weighted by molar-refractivity contribution is 5.55. The van der Waals surface area contributed by atoms with Gasteiger partial charge in [0.1, 0.15) is 5.75 Å². The minimum atomic E-state index is 0.752. The van der Waals surface area contributed by atoms with Gasteiger partial charge in [0.15, 0.2) is 0 Å². The summed E-state index contributed by atoms with van der Waals surface area (Å²) in [4.78, 5) is 0. The normalized spacial score (nSPS) is 9.69. The van der Waals surface area contributed by atoms with Crippen LogP contribution in [0.15, 0.2) is 24.3 Å². The van der Waals surface area contributed by atoms with Crippen molar-refractivity contribution in [3.05, 3.63) is 24.3 Å². The van der Waals surface area contributed by atoms with Crippen LogP contribution in [0.25, 0.3) is 0 Å². The number of benzene rings is 1. The lowest BCUT2D eigenvalue weighted by Gasteiger charge is -2.11. The van der Waals surface area contributed by atoms with E-state index in [1.807, 2.05) is 31.3 Å². The summed E-state index contributed by atoms with van der Waals surface area (Å²) in [6, 6.07) is 7.86. The molecule has 3 nitrogen and oxygen atoms in total. The predicted molar refractivity (Wildman–Crippen MR) is 54.9 cm³/mol. The van der Waals surface area contributed by atoms with Crippen molar-refractivity contribution >= 4 is 5.69 Å². The molecule has 13 heavy (non-hydrogen) atoms. The Bertz CT molecular complexity index is 250. The van der Waals surface area contributed by atoms with Crippen LogP contribution in [-0.4, -0.2) is 13.7 Å². The lowest BCUT2D eigenvalue weighted by molar-refractivity contribution is 0.318. The molecule has 0 fully saturated rings. The Morgan fingerprint density at radius 2 is 2.08 bits per heavy atom. The lowest BCUT2D eigenvalue weighted by atomic mass is 10.3. The van der Waals surface area contributed by atoms with Crippen LogP contribution in [0, 0.1) is 0 Å². The SMILES string of the molecule is CCCOc1ccccc1NNC. The van der Waals surface area contributed by atoms with Crippen LogP contribution >= 0.6 is 0 Å². The molecule has 1 aromatic rings. The van der Waals surface area contributed by atoms with E-state index in [1.54, 1.807) is 0 Å². The standard InChI is InChI=1S/C10H16N2O/c1-3-8-13-10-7-5-4-6-9(10)12-11-2/h4-7,11-12H,3,8H2,1-2H3. The van der Waals surface area contributed by atoms with Gasteiger partial charge in [-0.1, -0.05) is 19.1 Å². The summed E-state index contributed by atoms with van der Waals surface area (Å²) in [5, 5.41) is 0. The molecular weight excluding hydrogens is 164 g/mol. The van der Waals surface area contributed by atoms with Crippen LogP contribution < -0.4 is 15.6 Å². The molecule has 0 atom stereocenters. The number of hydrazine groups is 1. The molecule has 0 radical (unpaired) electrons. The fourth-order valence-corrected chi connectivity index (χ4v) is 1.04. The number of hydrogen-bond donors (Lipinski definition) is 2. The fraction of sp³-hybridized carbons (Fsp3) is 0.400. The molecule has 0 aliphatic carbocycles. The van der Waals surface area contributed by atoms with Crippen molar-refractivity contribution in [2.75, 3.05) is 19.1 Å². The van der Waals surface area contributed by atoms with Crippen molar-refractivity contribution in [3.63, 3.8) is 0 Å². The van der Waals surface area contributed by atoms with E-state index < -0.39 is 0 Å². The summed E-state index contributed by atoms with van der Waals surface area (Å²) < 4.78 is 5.54. The third kappa shape index (κ3) is 2.95. The molecule has 3 heteroatoms. The van der Waals surface area contributed by atoms with Gasteiger partial charge < -0.3 is 10.2 Å². The Morgan fingerprint density at radius 3 is 2.77 bits per heavy atom. The van der Waals surface area contributed by atoms with Crippen molar-refractivity contribution in [3.8, 4) is 5.75 Å². The summed E-state index contributed by atoms with van der Waals surface area (Å²) >= 11 is 0. The van der Waals surface area contributed by atoms with Crippen LogP contribution in [0.4, 0.5) is 5.69 Å². The monoisotopic (exact) mass is 180 g/mol. The third-order valence-electron chi connectivity index (χ3n) is 1.61. The highest BCUT2D eigenvalue weighted by Crippen LogP contribution is 2.22. The Balaban J connectivity index is 2.66. The molecule has 0 amide bonds. The summed E-state index contributed by atoms with van der Waals surface area (Å²) in [6.45, 7) is 2.84. The smallest absolute Gasteiger partial charge is 0.143 e. The van der Waals surface area contributed by atoms with E-state index in [-0.39, 0.29) is 0 Å². The summed E-state index contributed by atoms with van der Waals surface area (Å²) in [5.74, 6) is 0.888. The van der Waals surface area contributed by atoms with Crippen LogP contribution in [0.2, 0.25) is 0 Å². The molecular formula is C10H16N2O. The van der Waals surface area contributed by atoms with E-state index in [4.69, 9.17) is 4.74 Å². The zero-order valence-electron chi connectivity index (χ0n) is 8.13. The number of anilines is 1. The molecule has 0 aromatic heterocycles. The average molecular weight is 180 g/mol. The number of ether oxygens (including phenoxy) is 1. The summed E-state index contributed by atoms with van der Waals surface area (Å²) in [5.41, 5.74) is 6.85.